The Hall–Kier alpha value is -3.26. The molecule has 0 aliphatic rings. The number of aromatic nitrogens is 3. The zero-order chi connectivity index (χ0) is 17.6. The molecule has 0 unspecified atom stereocenters. The molecule has 2 aromatic heterocycles. The minimum atomic E-state index is -0.613. The smallest absolute Gasteiger partial charge is 0.338 e. The van der Waals surface area contributed by atoms with Crippen molar-refractivity contribution in [1.29, 1.82) is 0 Å². The van der Waals surface area contributed by atoms with Gasteiger partial charge in [-0.25, -0.2) is 14.6 Å². The number of esters is 1. The highest BCUT2D eigenvalue weighted by molar-refractivity contribution is 5.89. The van der Waals surface area contributed by atoms with Crippen molar-refractivity contribution < 1.29 is 14.3 Å². The maximum atomic E-state index is 11.9. The highest BCUT2D eigenvalue weighted by Gasteiger charge is 2.09. The van der Waals surface area contributed by atoms with Crippen LogP contribution in [-0.2, 0) is 16.2 Å². The number of carbonyl (C=O) groups excluding carboxylic acids is 1. The molecule has 25 heavy (non-hydrogen) atoms. The van der Waals surface area contributed by atoms with Gasteiger partial charge in [0.2, 0.25) is 0 Å². The summed E-state index contributed by atoms with van der Waals surface area (Å²) < 4.78 is 11.6. The number of fused-ring (bicyclic) bond motifs is 1. The van der Waals surface area contributed by atoms with Crippen LogP contribution in [0.25, 0.3) is 11.0 Å². The lowest BCUT2D eigenvalue weighted by Crippen LogP contribution is -2.31. The second-order valence-electron chi connectivity index (χ2n) is 5.10. The molecule has 2 heterocycles. The van der Waals surface area contributed by atoms with Crippen LogP contribution in [0.3, 0.4) is 0 Å². The average Bonchev–Trinajstić information content (AvgIpc) is 2.64. The van der Waals surface area contributed by atoms with Crippen LogP contribution in [-0.4, -0.2) is 33.7 Å². The number of hydrogen-bond donors (Lipinski definition) is 1. The molecule has 3 rings (SSSR count). The van der Waals surface area contributed by atoms with E-state index in [9.17, 15) is 14.4 Å². The van der Waals surface area contributed by atoms with E-state index in [-0.39, 0.29) is 25.6 Å². The first kappa shape index (κ1) is 16.6. The van der Waals surface area contributed by atoms with E-state index >= 15 is 0 Å². The predicted molar refractivity (Wildman–Crippen MR) is 89.3 cm³/mol. The van der Waals surface area contributed by atoms with E-state index < -0.39 is 17.2 Å². The Labute approximate surface area is 141 Å². The van der Waals surface area contributed by atoms with Crippen LogP contribution in [0.5, 0.6) is 0 Å². The van der Waals surface area contributed by atoms with Crippen LogP contribution >= 0.6 is 0 Å². The number of H-pyrrole nitrogens is 1. The van der Waals surface area contributed by atoms with Crippen LogP contribution in [0.1, 0.15) is 10.4 Å². The third-order valence-corrected chi connectivity index (χ3v) is 3.44. The second-order valence-corrected chi connectivity index (χ2v) is 5.10. The normalized spacial score (nSPS) is 10.7. The summed E-state index contributed by atoms with van der Waals surface area (Å²) in [6.45, 7) is 0.0155. The minimum Gasteiger partial charge on any atom is -0.460 e. The third kappa shape index (κ3) is 3.81. The Balaban J connectivity index is 1.58. The molecule has 128 valence electrons. The predicted octanol–water partition coefficient (Wildman–Crippen LogP) is 0.916. The second kappa shape index (κ2) is 7.54. The lowest BCUT2D eigenvalue weighted by molar-refractivity contribution is 0.0172. The van der Waals surface area contributed by atoms with Gasteiger partial charge in [0, 0.05) is 6.20 Å². The largest absolute Gasteiger partial charge is 0.460 e. The van der Waals surface area contributed by atoms with Crippen molar-refractivity contribution in [1.82, 2.24) is 14.5 Å². The monoisotopic (exact) mass is 341 g/mol. The van der Waals surface area contributed by atoms with Gasteiger partial charge >= 0.3 is 11.7 Å². The number of nitrogens with zero attached hydrogens (tertiary/aromatic N) is 2. The Morgan fingerprint density at radius 2 is 1.88 bits per heavy atom. The summed E-state index contributed by atoms with van der Waals surface area (Å²) in [6.07, 6.45) is 1.49. The fraction of sp³-hybridized carbons (Fsp3) is 0.176. The van der Waals surface area contributed by atoms with Crippen LogP contribution < -0.4 is 11.2 Å². The maximum absolute atomic E-state index is 11.9. The fourth-order valence-corrected chi connectivity index (χ4v) is 2.24. The SMILES string of the molecule is O=C(OCCOCn1c(=O)[nH]c(=O)c2cccnc21)c1ccccc1. The van der Waals surface area contributed by atoms with Gasteiger partial charge in [0.05, 0.1) is 17.6 Å². The molecule has 0 bridgehead atoms. The van der Waals surface area contributed by atoms with E-state index in [0.29, 0.717) is 10.9 Å². The van der Waals surface area contributed by atoms with Crippen LogP contribution in [0.4, 0.5) is 0 Å². The summed E-state index contributed by atoms with van der Waals surface area (Å²) in [4.78, 5) is 41.7. The molecule has 0 radical (unpaired) electrons. The summed E-state index contributed by atoms with van der Waals surface area (Å²) in [5, 5.41) is 0.293. The summed E-state index contributed by atoms with van der Waals surface area (Å²) in [5.41, 5.74) is -0.425. The minimum absolute atomic E-state index is 0.0389. The first-order valence-electron chi connectivity index (χ1n) is 7.54. The molecule has 8 heteroatoms. The van der Waals surface area contributed by atoms with Gasteiger partial charge in [-0.1, -0.05) is 18.2 Å². The van der Waals surface area contributed by atoms with Crippen LogP contribution in [0.2, 0.25) is 0 Å². The third-order valence-electron chi connectivity index (χ3n) is 3.44. The highest BCUT2D eigenvalue weighted by atomic mass is 16.6. The van der Waals surface area contributed by atoms with E-state index in [4.69, 9.17) is 9.47 Å². The molecule has 0 saturated carbocycles. The first-order chi connectivity index (χ1) is 12.2. The molecular formula is C17H15N3O5. The number of pyridine rings is 1. The maximum Gasteiger partial charge on any atom is 0.338 e. The van der Waals surface area contributed by atoms with Gasteiger partial charge in [-0.3, -0.25) is 14.3 Å². The molecule has 0 amide bonds. The van der Waals surface area contributed by atoms with Crippen molar-refractivity contribution in [2.24, 2.45) is 0 Å². The molecular weight excluding hydrogens is 326 g/mol. The van der Waals surface area contributed by atoms with E-state index in [1.807, 2.05) is 0 Å². The van der Waals surface area contributed by atoms with Crippen LogP contribution in [0, 0.1) is 0 Å². The van der Waals surface area contributed by atoms with Gasteiger partial charge in [-0.05, 0) is 24.3 Å². The average molecular weight is 341 g/mol. The van der Waals surface area contributed by atoms with Crippen molar-refractivity contribution in [3.8, 4) is 0 Å². The Morgan fingerprint density at radius 1 is 1.08 bits per heavy atom. The zero-order valence-corrected chi connectivity index (χ0v) is 13.2. The molecule has 0 fully saturated rings. The highest BCUT2D eigenvalue weighted by Crippen LogP contribution is 2.03. The molecule has 0 spiro atoms. The van der Waals surface area contributed by atoms with Gasteiger partial charge in [-0.2, -0.15) is 0 Å². The molecule has 0 saturated heterocycles. The van der Waals surface area contributed by atoms with Gasteiger partial charge in [0.15, 0.2) is 5.65 Å². The molecule has 0 atom stereocenters. The Morgan fingerprint density at radius 3 is 2.68 bits per heavy atom. The van der Waals surface area contributed by atoms with Crippen molar-refractivity contribution in [3.63, 3.8) is 0 Å². The standard InChI is InChI=1S/C17H15N3O5/c21-15-13-7-4-8-18-14(13)20(17(23)19-15)11-24-9-10-25-16(22)12-5-2-1-3-6-12/h1-8H,9-11H2,(H,19,21,23). The number of aromatic amines is 1. The molecule has 1 aromatic carbocycles. The first-order valence-corrected chi connectivity index (χ1v) is 7.54. The van der Waals surface area contributed by atoms with Crippen molar-refractivity contribution in [2.75, 3.05) is 13.2 Å². The summed E-state index contributed by atoms with van der Waals surface area (Å²) in [5.74, 6) is -0.447. The van der Waals surface area contributed by atoms with Gasteiger partial charge in [-0.15, -0.1) is 0 Å². The summed E-state index contributed by atoms with van der Waals surface area (Å²) >= 11 is 0. The number of benzene rings is 1. The Bertz CT molecular complexity index is 994. The van der Waals surface area contributed by atoms with Crippen molar-refractivity contribution >= 4 is 17.0 Å². The molecule has 8 nitrogen and oxygen atoms in total. The van der Waals surface area contributed by atoms with E-state index in [2.05, 4.69) is 9.97 Å². The topological polar surface area (TPSA) is 103 Å². The van der Waals surface area contributed by atoms with Crippen LogP contribution in [0.15, 0.2) is 58.3 Å². The lowest BCUT2D eigenvalue weighted by atomic mass is 10.2. The molecule has 3 aromatic rings. The Kier molecular flexibility index (Phi) is 5.00. The number of hydrogen-bond acceptors (Lipinski definition) is 6. The molecule has 0 aliphatic heterocycles. The number of ether oxygens (including phenoxy) is 2. The lowest BCUT2D eigenvalue weighted by Gasteiger charge is -2.09. The number of rotatable bonds is 6. The van der Waals surface area contributed by atoms with Crippen molar-refractivity contribution in [2.45, 2.75) is 6.73 Å². The van der Waals surface area contributed by atoms with E-state index in [1.54, 1.807) is 42.5 Å². The number of carbonyl (C=O) groups is 1. The zero-order valence-electron chi connectivity index (χ0n) is 13.2. The summed E-state index contributed by atoms with van der Waals surface area (Å²) in [7, 11) is 0. The van der Waals surface area contributed by atoms with Gasteiger partial charge < -0.3 is 9.47 Å². The fourth-order valence-electron chi connectivity index (χ4n) is 2.24. The van der Waals surface area contributed by atoms with E-state index in [1.165, 1.54) is 10.8 Å². The quantitative estimate of drug-likeness (QED) is 0.528. The molecule has 1 N–H and O–H groups in total. The van der Waals surface area contributed by atoms with E-state index in [0.717, 1.165) is 0 Å². The van der Waals surface area contributed by atoms with Crippen molar-refractivity contribution in [3.05, 3.63) is 75.1 Å². The van der Waals surface area contributed by atoms with Gasteiger partial charge in [0.1, 0.15) is 13.3 Å². The molecule has 0 aliphatic carbocycles. The van der Waals surface area contributed by atoms with Gasteiger partial charge in [0.25, 0.3) is 5.56 Å². The summed E-state index contributed by atoms with van der Waals surface area (Å²) in [6, 6.07) is 11.8. The number of nitrogens with one attached hydrogen (secondary N) is 1.